The molecule has 0 bridgehead atoms. The smallest absolute Gasteiger partial charge is 0.261 e. The van der Waals surface area contributed by atoms with Gasteiger partial charge in [0.15, 0.2) is 0 Å². The average Bonchev–Trinajstić information content (AvgIpc) is 2.57. The summed E-state index contributed by atoms with van der Waals surface area (Å²) in [4.78, 5) is 5.49. The summed E-state index contributed by atoms with van der Waals surface area (Å²) in [5, 5.41) is 9.02. The number of pyridine rings is 1. The molecule has 2 rings (SSSR count). The molecule has 0 aromatic carbocycles. The van der Waals surface area contributed by atoms with Crippen LogP contribution in [0.15, 0.2) is 18.3 Å². The maximum Gasteiger partial charge on any atom is 0.292 e. The Morgan fingerprint density at radius 3 is 2.60 bits per heavy atom. The maximum atomic E-state index is 9.02. The van der Waals surface area contributed by atoms with Gasteiger partial charge in [-0.05, 0) is 37.8 Å². The second-order valence-corrected chi connectivity index (χ2v) is 3.95. The molecule has 0 saturated carbocycles. The van der Waals surface area contributed by atoms with E-state index in [1.54, 1.807) is 0 Å². The van der Waals surface area contributed by atoms with Crippen LogP contribution in [0.25, 0.3) is 0 Å². The predicted octanol–water partition coefficient (Wildman–Crippen LogP) is 1.75. The molecule has 0 radical (unpaired) electrons. The van der Waals surface area contributed by atoms with Gasteiger partial charge >= 0.3 is 0 Å². The SMILES string of the molecule is N#Cc1ccc[nH+]c1N1CCCCCC1. The second kappa shape index (κ2) is 4.79. The molecule has 3 heteroatoms. The monoisotopic (exact) mass is 202 g/mol. The first-order valence-electron chi connectivity index (χ1n) is 5.57. The Kier molecular flexibility index (Phi) is 3.18. The quantitative estimate of drug-likeness (QED) is 0.696. The lowest BCUT2D eigenvalue weighted by Gasteiger charge is -2.14. The third-order valence-corrected chi connectivity index (χ3v) is 2.88. The van der Waals surface area contributed by atoms with E-state index in [-0.39, 0.29) is 0 Å². The van der Waals surface area contributed by atoms with Crippen molar-refractivity contribution in [1.29, 1.82) is 5.26 Å². The van der Waals surface area contributed by atoms with Gasteiger partial charge in [0, 0.05) is 0 Å². The van der Waals surface area contributed by atoms with Crippen LogP contribution >= 0.6 is 0 Å². The van der Waals surface area contributed by atoms with Crippen LogP contribution in [-0.2, 0) is 0 Å². The summed E-state index contributed by atoms with van der Waals surface area (Å²) in [6, 6.07) is 5.99. The molecule has 1 aromatic rings. The van der Waals surface area contributed by atoms with Crippen LogP contribution in [0.4, 0.5) is 5.82 Å². The minimum Gasteiger partial charge on any atom is -0.261 e. The molecule has 0 spiro atoms. The molecule has 3 nitrogen and oxygen atoms in total. The van der Waals surface area contributed by atoms with Gasteiger partial charge in [-0.3, -0.25) is 4.90 Å². The summed E-state index contributed by atoms with van der Waals surface area (Å²) < 4.78 is 0. The lowest BCUT2D eigenvalue weighted by Crippen LogP contribution is -2.30. The fraction of sp³-hybridized carbons (Fsp3) is 0.500. The van der Waals surface area contributed by atoms with Gasteiger partial charge < -0.3 is 0 Å². The van der Waals surface area contributed by atoms with Crippen molar-refractivity contribution < 1.29 is 4.98 Å². The first kappa shape index (κ1) is 9.97. The fourth-order valence-electron chi connectivity index (χ4n) is 2.07. The molecule has 1 aliphatic rings. The summed E-state index contributed by atoms with van der Waals surface area (Å²) in [6.45, 7) is 2.13. The largest absolute Gasteiger partial charge is 0.292 e. The second-order valence-electron chi connectivity index (χ2n) is 3.95. The van der Waals surface area contributed by atoms with Gasteiger partial charge in [-0.2, -0.15) is 5.26 Å². The van der Waals surface area contributed by atoms with Crippen LogP contribution in [0.2, 0.25) is 0 Å². The summed E-state index contributed by atoms with van der Waals surface area (Å²) in [5.41, 5.74) is 0.749. The summed E-state index contributed by atoms with van der Waals surface area (Å²) in [6.07, 6.45) is 6.97. The van der Waals surface area contributed by atoms with Gasteiger partial charge in [-0.1, -0.05) is 0 Å². The highest BCUT2D eigenvalue weighted by Crippen LogP contribution is 2.17. The van der Waals surface area contributed by atoms with Crippen molar-refractivity contribution in [2.75, 3.05) is 18.0 Å². The van der Waals surface area contributed by atoms with Crippen LogP contribution in [0.3, 0.4) is 0 Å². The summed E-state index contributed by atoms with van der Waals surface area (Å²) >= 11 is 0. The Hall–Kier alpha value is -1.56. The van der Waals surface area contributed by atoms with Crippen molar-refractivity contribution in [1.82, 2.24) is 0 Å². The number of hydrogen-bond acceptors (Lipinski definition) is 2. The van der Waals surface area contributed by atoms with Gasteiger partial charge in [0.1, 0.15) is 11.6 Å². The number of nitriles is 1. The number of aromatic amines is 1. The number of H-pyrrole nitrogens is 1. The predicted molar refractivity (Wildman–Crippen MR) is 58.4 cm³/mol. The van der Waals surface area contributed by atoms with Gasteiger partial charge in [0.2, 0.25) is 0 Å². The number of aromatic nitrogens is 1. The molecule has 2 heterocycles. The van der Waals surface area contributed by atoms with Crippen LogP contribution in [-0.4, -0.2) is 13.1 Å². The van der Waals surface area contributed by atoms with E-state index in [4.69, 9.17) is 5.26 Å². The van der Waals surface area contributed by atoms with E-state index >= 15 is 0 Å². The molecule has 1 fully saturated rings. The van der Waals surface area contributed by atoms with Gasteiger partial charge in [-0.25, -0.2) is 4.98 Å². The normalized spacial score (nSPS) is 16.9. The Labute approximate surface area is 90.4 Å². The number of hydrogen-bond donors (Lipinski definition) is 0. The molecule has 0 unspecified atom stereocenters. The number of nitrogens with one attached hydrogen (secondary N) is 1. The van der Waals surface area contributed by atoms with Crippen LogP contribution < -0.4 is 9.88 Å². The van der Waals surface area contributed by atoms with Crippen molar-refractivity contribution in [3.8, 4) is 6.07 Å². The van der Waals surface area contributed by atoms with E-state index in [1.807, 2.05) is 18.3 Å². The molecule has 0 atom stereocenters. The van der Waals surface area contributed by atoms with E-state index in [1.165, 1.54) is 25.7 Å². The molecule has 1 aromatic heterocycles. The molecule has 0 aliphatic carbocycles. The standard InChI is InChI=1S/C12H15N3/c13-10-11-6-5-7-14-12(11)15-8-3-1-2-4-9-15/h5-7H,1-4,8-9H2/p+1. The van der Waals surface area contributed by atoms with Crippen molar-refractivity contribution in [2.45, 2.75) is 25.7 Å². The highest BCUT2D eigenvalue weighted by molar-refractivity contribution is 5.49. The number of rotatable bonds is 1. The minimum absolute atomic E-state index is 0.749. The van der Waals surface area contributed by atoms with E-state index in [9.17, 15) is 0 Å². The molecular weight excluding hydrogens is 186 g/mol. The third kappa shape index (κ3) is 2.27. The van der Waals surface area contributed by atoms with Crippen LogP contribution in [0.5, 0.6) is 0 Å². The first-order valence-corrected chi connectivity index (χ1v) is 5.57. The van der Waals surface area contributed by atoms with Crippen LogP contribution in [0.1, 0.15) is 31.2 Å². The van der Waals surface area contributed by atoms with Crippen molar-refractivity contribution in [2.24, 2.45) is 0 Å². The van der Waals surface area contributed by atoms with Gasteiger partial charge in [0.25, 0.3) is 5.82 Å². The minimum atomic E-state index is 0.749. The zero-order valence-corrected chi connectivity index (χ0v) is 8.87. The Bertz CT molecular complexity index is 359. The lowest BCUT2D eigenvalue weighted by atomic mass is 10.2. The van der Waals surface area contributed by atoms with Gasteiger partial charge in [0.05, 0.1) is 19.3 Å². The molecule has 15 heavy (non-hydrogen) atoms. The number of anilines is 1. The first-order chi connectivity index (χ1) is 7.42. The summed E-state index contributed by atoms with van der Waals surface area (Å²) in [5.74, 6) is 0.988. The molecular formula is C12H16N3+. The van der Waals surface area contributed by atoms with E-state index in [0.717, 1.165) is 24.5 Å². The van der Waals surface area contributed by atoms with Crippen LogP contribution in [0, 0.1) is 11.3 Å². The van der Waals surface area contributed by atoms with Gasteiger partial charge in [-0.15, -0.1) is 0 Å². The Balaban J connectivity index is 2.23. The van der Waals surface area contributed by atoms with E-state index in [2.05, 4.69) is 16.0 Å². The molecule has 0 amide bonds. The fourth-order valence-corrected chi connectivity index (χ4v) is 2.07. The molecule has 1 N–H and O–H groups in total. The van der Waals surface area contributed by atoms with E-state index in [0.29, 0.717) is 0 Å². The molecule has 78 valence electrons. The highest BCUT2D eigenvalue weighted by atomic mass is 15.2. The Morgan fingerprint density at radius 2 is 1.93 bits per heavy atom. The Morgan fingerprint density at radius 1 is 1.20 bits per heavy atom. The van der Waals surface area contributed by atoms with Crippen molar-refractivity contribution in [3.63, 3.8) is 0 Å². The highest BCUT2D eigenvalue weighted by Gasteiger charge is 2.20. The topological polar surface area (TPSA) is 41.2 Å². The van der Waals surface area contributed by atoms with E-state index < -0.39 is 0 Å². The van der Waals surface area contributed by atoms with Crippen molar-refractivity contribution in [3.05, 3.63) is 23.9 Å². The average molecular weight is 202 g/mol. The zero-order valence-electron chi connectivity index (χ0n) is 8.87. The zero-order chi connectivity index (χ0) is 10.5. The number of nitrogens with zero attached hydrogens (tertiary/aromatic N) is 2. The third-order valence-electron chi connectivity index (χ3n) is 2.88. The van der Waals surface area contributed by atoms with Crippen molar-refractivity contribution >= 4 is 5.82 Å². The summed E-state index contributed by atoms with van der Waals surface area (Å²) in [7, 11) is 0. The maximum absolute atomic E-state index is 9.02. The molecule has 1 aliphatic heterocycles. The lowest BCUT2D eigenvalue weighted by molar-refractivity contribution is -0.364. The molecule has 1 saturated heterocycles.